The summed E-state index contributed by atoms with van der Waals surface area (Å²) in [7, 11) is 0. The summed E-state index contributed by atoms with van der Waals surface area (Å²) in [6, 6.07) is 0. The van der Waals surface area contributed by atoms with E-state index in [-0.39, 0.29) is 17.1 Å². The molecule has 3 atom stereocenters. The molecule has 17 heavy (non-hydrogen) atoms. The Labute approximate surface area is 103 Å². The lowest BCUT2D eigenvalue weighted by atomic mass is 9.56. The lowest BCUT2D eigenvalue weighted by molar-refractivity contribution is -0.117. The molecule has 96 valence electrons. The van der Waals surface area contributed by atoms with Crippen LogP contribution in [0, 0.1) is 17.3 Å². The molecule has 0 N–H and O–H groups in total. The van der Waals surface area contributed by atoms with Gasteiger partial charge in [-0.3, -0.25) is 4.79 Å². The van der Waals surface area contributed by atoms with Gasteiger partial charge in [-0.2, -0.15) is 0 Å². The molecular weight excluding hydrogens is 215 g/mol. The number of carbonyl (C=O) groups excluding carboxylic acids is 1. The van der Waals surface area contributed by atoms with Crippen LogP contribution in [0.2, 0.25) is 0 Å². The van der Waals surface area contributed by atoms with Crippen LogP contribution in [0.4, 0.5) is 4.39 Å². The second-order valence-corrected chi connectivity index (χ2v) is 6.66. The molecule has 2 heteroatoms. The second kappa shape index (κ2) is 3.93. The molecule has 0 aromatic rings. The van der Waals surface area contributed by atoms with Crippen LogP contribution in [-0.2, 0) is 4.79 Å². The second-order valence-electron chi connectivity index (χ2n) is 6.66. The molecule has 2 aliphatic rings. The molecule has 0 aromatic heterocycles. The molecule has 0 aromatic carbocycles. The number of alkyl halides is 1. The van der Waals surface area contributed by atoms with Crippen molar-refractivity contribution in [2.75, 3.05) is 0 Å². The Morgan fingerprint density at radius 1 is 1.47 bits per heavy atom. The maximum absolute atomic E-state index is 14.1. The van der Waals surface area contributed by atoms with Crippen LogP contribution < -0.4 is 0 Å². The van der Waals surface area contributed by atoms with Gasteiger partial charge in [-0.15, -0.1) is 0 Å². The summed E-state index contributed by atoms with van der Waals surface area (Å²) in [4.78, 5) is 11.6. The predicted octanol–water partition coefficient (Wildman–Crippen LogP) is 4.08. The first-order valence-electron chi connectivity index (χ1n) is 6.66. The van der Waals surface area contributed by atoms with Gasteiger partial charge >= 0.3 is 0 Å². The number of fused-ring (bicyclic) bond motifs is 1. The van der Waals surface area contributed by atoms with Gasteiger partial charge in [-0.25, -0.2) is 4.39 Å². The normalized spacial score (nSPS) is 38.6. The predicted molar refractivity (Wildman–Crippen MR) is 67.5 cm³/mol. The van der Waals surface area contributed by atoms with Gasteiger partial charge in [0.2, 0.25) is 0 Å². The Balaban J connectivity index is 2.28. The lowest BCUT2D eigenvalue weighted by Gasteiger charge is -2.48. The molecule has 1 fully saturated rings. The maximum Gasteiger partial charge on any atom is 0.155 e. The molecule has 0 heterocycles. The fourth-order valence-electron chi connectivity index (χ4n) is 3.48. The minimum atomic E-state index is -1.10. The largest absolute Gasteiger partial charge is 0.295 e. The van der Waals surface area contributed by atoms with E-state index in [9.17, 15) is 9.18 Å². The van der Waals surface area contributed by atoms with E-state index in [4.69, 9.17) is 0 Å². The molecule has 0 aliphatic heterocycles. The Bertz CT molecular complexity index is 364. The summed E-state index contributed by atoms with van der Waals surface area (Å²) >= 11 is 0. The summed E-state index contributed by atoms with van der Waals surface area (Å²) in [5.74, 6) is 0.725. The zero-order chi connectivity index (χ0) is 12.8. The Kier molecular flexibility index (Phi) is 2.95. The van der Waals surface area contributed by atoms with Crippen LogP contribution in [-0.4, -0.2) is 11.5 Å². The summed E-state index contributed by atoms with van der Waals surface area (Å²) < 4.78 is 14.1. The fourth-order valence-corrected chi connectivity index (χ4v) is 3.48. The van der Waals surface area contributed by atoms with Gasteiger partial charge in [0.25, 0.3) is 0 Å². The number of rotatable bonds is 1. The SMILES string of the molecule is C[C@@H]1CC(=O)C=C2CCC(C(C)(C)F)C[C@]21C. The fraction of sp³-hybridized carbons (Fsp3) is 0.800. The van der Waals surface area contributed by atoms with Gasteiger partial charge in [-0.05, 0) is 56.4 Å². The van der Waals surface area contributed by atoms with E-state index in [1.165, 1.54) is 5.57 Å². The molecule has 2 rings (SSSR count). The van der Waals surface area contributed by atoms with Gasteiger partial charge in [0, 0.05) is 6.42 Å². The zero-order valence-corrected chi connectivity index (χ0v) is 11.3. The molecule has 2 aliphatic carbocycles. The van der Waals surface area contributed by atoms with Crippen molar-refractivity contribution in [3.8, 4) is 0 Å². The highest BCUT2D eigenvalue weighted by atomic mass is 19.1. The smallest absolute Gasteiger partial charge is 0.155 e. The first kappa shape index (κ1) is 12.8. The molecule has 0 amide bonds. The van der Waals surface area contributed by atoms with Gasteiger partial charge in [0.15, 0.2) is 5.78 Å². The van der Waals surface area contributed by atoms with Crippen LogP contribution in [0.5, 0.6) is 0 Å². The van der Waals surface area contributed by atoms with Crippen LogP contribution in [0.25, 0.3) is 0 Å². The van der Waals surface area contributed by atoms with Gasteiger partial charge < -0.3 is 0 Å². The number of carbonyl (C=O) groups is 1. The Morgan fingerprint density at radius 3 is 2.71 bits per heavy atom. The quantitative estimate of drug-likeness (QED) is 0.673. The van der Waals surface area contributed by atoms with Crippen LogP contribution in [0.3, 0.4) is 0 Å². The van der Waals surface area contributed by atoms with E-state index in [2.05, 4.69) is 13.8 Å². The van der Waals surface area contributed by atoms with E-state index in [1.807, 2.05) is 6.08 Å². The van der Waals surface area contributed by atoms with Crippen molar-refractivity contribution in [3.63, 3.8) is 0 Å². The lowest BCUT2D eigenvalue weighted by Crippen LogP contribution is -2.42. The van der Waals surface area contributed by atoms with E-state index in [1.54, 1.807) is 13.8 Å². The highest BCUT2D eigenvalue weighted by Gasteiger charge is 2.46. The van der Waals surface area contributed by atoms with Crippen molar-refractivity contribution in [1.29, 1.82) is 0 Å². The average Bonchev–Trinajstić information content (AvgIpc) is 2.18. The van der Waals surface area contributed by atoms with E-state index in [0.717, 1.165) is 19.3 Å². The minimum Gasteiger partial charge on any atom is -0.295 e. The van der Waals surface area contributed by atoms with E-state index in [0.29, 0.717) is 12.3 Å². The van der Waals surface area contributed by atoms with Crippen molar-refractivity contribution < 1.29 is 9.18 Å². The standard InChI is InChI=1S/C15H23FO/c1-10-7-13(17)8-11-5-6-12(14(2,3)16)9-15(10,11)4/h8,10,12H,5-7,9H2,1-4H3/t10-,12?,15+/m1/s1. The molecular formula is C15H23FO. The van der Waals surface area contributed by atoms with Crippen molar-refractivity contribution >= 4 is 5.78 Å². The van der Waals surface area contributed by atoms with Gasteiger partial charge in [0.05, 0.1) is 0 Å². The van der Waals surface area contributed by atoms with Gasteiger partial charge in [0.1, 0.15) is 5.67 Å². The third kappa shape index (κ3) is 2.19. The number of hydrogen-bond acceptors (Lipinski definition) is 1. The Hall–Kier alpha value is -0.660. The third-order valence-corrected chi connectivity index (χ3v) is 5.07. The summed E-state index contributed by atoms with van der Waals surface area (Å²) in [5, 5.41) is 0. The third-order valence-electron chi connectivity index (χ3n) is 5.07. The van der Waals surface area contributed by atoms with Crippen LogP contribution >= 0.6 is 0 Å². The molecule has 0 bridgehead atoms. The van der Waals surface area contributed by atoms with Crippen molar-refractivity contribution in [3.05, 3.63) is 11.6 Å². The molecule has 1 nitrogen and oxygen atoms in total. The average molecular weight is 238 g/mol. The van der Waals surface area contributed by atoms with Crippen LogP contribution in [0.15, 0.2) is 11.6 Å². The van der Waals surface area contributed by atoms with Crippen LogP contribution in [0.1, 0.15) is 53.4 Å². The number of ketones is 1. The van der Waals surface area contributed by atoms with Gasteiger partial charge in [-0.1, -0.05) is 19.4 Å². The van der Waals surface area contributed by atoms with Crippen molar-refractivity contribution in [2.45, 2.75) is 59.0 Å². The molecule has 0 spiro atoms. The van der Waals surface area contributed by atoms with E-state index < -0.39 is 5.67 Å². The zero-order valence-electron chi connectivity index (χ0n) is 11.3. The summed E-state index contributed by atoms with van der Waals surface area (Å²) in [6.07, 6.45) is 5.12. The highest BCUT2D eigenvalue weighted by molar-refractivity contribution is 5.92. The van der Waals surface area contributed by atoms with E-state index >= 15 is 0 Å². The number of allylic oxidation sites excluding steroid dienone is 2. The summed E-state index contributed by atoms with van der Waals surface area (Å²) in [5.41, 5.74) is 0.206. The summed E-state index contributed by atoms with van der Waals surface area (Å²) in [6.45, 7) is 7.73. The monoisotopic (exact) mass is 238 g/mol. The number of hydrogen-bond donors (Lipinski definition) is 0. The molecule has 0 radical (unpaired) electrons. The first-order chi connectivity index (χ1) is 7.73. The molecule has 1 unspecified atom stereocenters. The minimum absolute atomic E-state index is 0.0419. The molecule has 1 saturated carbocycles. The van der Waals surface area contributed by atoms with Crippen molar-refractivity contribution in [1.82, 2.24) is 0 Å². The first-order valence-corrected chi connectivity index (χ1v) is 6.66. The Morgan fingerprint density at radius 2 is 2.12 bits per heavy atom. The number of halogens is 1. The highest BCUT2D eigenvalue weighted by Crippen LogP contribution is 2.53. The van der Waals surface area contributed by atoms with Crippen molar-refractivity contribution in [2.24, 2.45) is 17.3 Å². The maximum atomic E-state index is 14.1. The molecule has 0 saturated heterocycles. The topological polar surface area (TPSA) is 17.1 Å².